The molecule has 0 radical (unpaired) electrons. The highest BCUT2D eigenvalue weighted by atomic mass is 16.1. The second kappa shape index (κ2) is 10.8. The number of unbranched alkanes of at least 4 members (excludes halogenated alkanes) is 5. The predicted octanol–water partition coefficient (Wildman–Crippen LogP) is 5.38. The first kappa shape index (κ1) is 16.7. The summed E-state index contributed by atoms with van der Waals surface area (Å²) in [5.74, 6) is 1.73. The third kappa shape index (κ3) is 9.38. The van der Waals surface area contributed by atoms with Gasteiger partial charge in [0, 0.05) is 12.8 Å². The van der Waals surface area contributed by atoms with Gasteiger partial charge in [-0.2, -0.15) is 0 Å². The highest BCUT2D eigenvalue weighted by Crippen LogP contribution is 2.19. The third-order valence-corrected chi connectivity index (χ3v) is 3.97. The molecule has 0 bridgehead atoms. The van der Waals surface area contributed by atoms with E-state index in [0.29, 0.717) is 17.6 Å². The minimum Gasteiger partial charge on any atom is -0.300 e. The number of hydrogen-bond acceptors (Lipinski definition) is 1. The fourth-order valence-corrected chi connectivity index (χ4v) is 2.17. The van der Waals surface area contributed by atoms with Gasteiger partial charge in [-0.1, -0.05) is 66.2 Å². The van der Waals surface area contributed by atoms with Gasteiger partial charge in [0.2, 0.25) is 0 Å². The Morgan fingerprint density at radius 3 is 2.06 bits per heavy atom. The monoisotopic (exact) mass is 240 g/mol. The third-order valence-electron chi connectivity index (χ3n) is 3.97. The predicted molar refractivity (Wildman–Crippen MR) is 76.2 cm³/mol. The molecule has 0 rings (SSSR count). The summed E-state index contributed by atoms with van der Waals surface area (Å²) in [7, 11) is 0. The van der Waals surface area contributed by atoms with Crippen LogP contribution in [0.1, 0.15) is 85.5 Å². The molecule has 0 fully saturated rings. The Kier molecular flexibility index (Phi) is 10.6. The van der Waals surface area contributed by atoms with Crippen LogP contribution in [0.15, 0.2) is 0 Å². The van der Waals surface area contributed by atoms with E-state index >= 15 is 0 Å². The molecule has 0 amide bonds. The lowest BCUT2D eigenvalue weighted by molar-refractivity contribution is -0.120. The Morgan fingerprint density at radius 2 is 1.47 bits per heavy atom. The average molecular weight is 240 g/mol. The molecule has 0 N–H and O–H groups in total. The van der Waals surface area contributed by atoms with Crippen LogP contribution in [-0.2, 0) is 4.79 Å². The van der Waals surface area contributed by atoms with Gasteiger partial charge in [0.1, 0.15) is 5.78 Å². The van der Waals surface area contributed by atoms with Gasteiger partial charge in [-0.25, -0.2) is 0 Å². The lowest BCUT2D eigenvalue weighted by atomic mass is 9.88. The van der Waals surface area contributed by atoms with Gasteiger partial charge in [0.25, 0.3) is 0 Å². The van der Waals surface area contributed by atoms with Gasteiger partial charge in [-0.05, 0) is 18.3 Å². The normalized spacial score (nSPS) is 14.6. The molecule has 2 unspecified atom stereocenters. The van der Waals surface area contributed by atoms with Crippen molar-refractivity contribution in [3.05, 3.63) is 0 Å². The fraction of sp³-hybridized carbons (Fsp3) is 0.938. The van der Waals surface area contributed by atoms with E-state index in [0.717, 1.165) is 19.3 Å². The summed E-state index contributed by atoms with van der Waals surface area (Å²) in [5.41, 5.74) is 0. The van der Waals surface area contributed by atoms with Gasteiger partial charge >= 0.3 is 0 Å². The van der Waals surface area contributed by atoms with Crippen molar-refractivity contribution in [2.45, 2.75) is 85.5 Å². The lowest BCUT2D eigenvalue weighted by Crippen LogP contribution is -2.12. The highest BCUT2D eigenvalue weighted by molar-refractivity contribution is 5.78. The Morgan fingerprint density at radius 1 is 0.882 bits per heavy atom. The van der Waals surface area contributed by atoms with Crippen molar-refractivity contribution in [2.75, 3.05) is 0 Å². The fourth-order valence-electron chi connectivity index (χ4n) is 2.17. The molecule has 2 atom stereocenters. The van der Waals surface area contributed by atoms with Gasteiger partial charge in [0.15, 0.2) is 0 Å². The maximum absolute atomic E-state index is 11.8. The first-order chi connectivity index (χ1) is 8.11. The van der Waals surface area contributed by atoms with Gasteiger partial charge in [-0.3, -0.25) is 4.79 Å². The van der Waals surface area contributed by atoms with Crippen molar-refractivity contribution in [3.8, 4) is 0 Å². The summed E-state index contributed by atoms with van der Waals surface area (Å²) in [5, 5.41) is 0. The molecule has 17 heavy (non-hydrogen) atoms. The summed E-state index contributed by atoms with van der Waals surface area (Å²) in [4.78, 5) is 11.8. The molecule has 0 aliphatic carbocycles. The van der Waals surface area contributed by atoms with E-state index in [1.54, 1.807) is 0 Å². The van der Waals surface area contributed by atoms with Crippen LogP contribution in [-0.4, -0.2) is 5.78 Å². The Labute approximate surface area is 108 Å². The van der Waals surface area contributed by atoms with Crippen molar-refractivity contribution in [1.29, 1.82) is 0 Å². The highest BCUT2D eigenvalue weighted by Gasteiger charge is 2.14. The second-order valence-electron chi connectivity index (χ2n) is 5.62. The van der Waals surface area contributed by atoms with Crippen molar-refractivity contribution >= 4 is 5.78 Å². The first-order valence-electron chi connectivity index (χ1n) is 7.63. The van der Waals surface area contributed by atoms with Crippen molar-refractivity contribution < 1.29 is 4.79 Å². The number of hydrogen-bond donors (Lipinski definition) is 0. The van der Waals surface area contributed by atoms with Gasteiger partial charge in [0.05, 0.1) is 0 Å². The molecule has 1 nitrogen and oxygen atoms in total. The zero-order valence-corrected chi connectivity index (χ0v) is 12.4. The molecular formula is C16H32O. The lowest BCUT2D eigenvalue weighted by Gasteiger charge is -2.17. The maximum Gasteiger partial charge on any atom is 0.133 e. The van der Waals surface area contributed by atoms with E-state index in [1.165, 1.54) is 38.5 Å². The molecule has 0 aromatic heterocycles. The molecule has 1 heteroatoms. The summed E-state index contributed by atoms with van der Waals surface area (Å²) >= 11 is 0. The van der Waals surface area contributed by atoms with Crippen LogP contribution >= 0.6 is 0 Å². The second-order valence-corrected chi connectivity index (χ2v) is 5.62. The molecule has 0 aliphatic heterocycles. The Hall–Kier alpha value is -0.330. The average Bonchev–Trinajstić information content (AvgIpc) is 2.32. The molecule has 0 heterocycles. The van der Waals surface area contributed by atoms with Gasteiger partial charge < -0.3 is 0 Å². The van der Waals surface area contributed by atoms with Crippen LogP contribution < -0.4 is 0 Å². The van der Waals surface area contributed by atoms with Crippen LogP contribution in [0.25, 0.3) is 0 Å². The molecule has 0 aliphatic rings. The Bertz CT molecular complexity index is 186. The number of Topliss-reactive ketones (excluding diaryl/α,β-unsaturated/α-hetero) is 1. The van der Waals surface area contributed by atoms with Crippen LogP contribution in [0, 0.1) is 11.8 Å². The van der Waals surface area contributed by atoms with Crippen molar-refractivity contribution in [3.63, 3.8) is 0 Å². The quantitative estimate of drug-likeness (QED) is 0.443. The van der Waals surface area contributed by atoms with E-state index in [4.69, 9.17) is 0 Å². The van der Waals surface area contributed by atoms with E-state index in [-0.39, 0.29) is 0 Å². The molecule has 0 saturated heterocycles. The summed E-state index contributed by atoms with van der Waals surface area (Å²) in [6.07, 6.45) is 10.4. The van der Waals surface area contributed by atoms with E-state index < -0.39 is 0 Å². The number of rotatable bonds is 11. The minimum atomic E-state index is 0.480. The number of ketones is 1. The van der Waals surface area contributed by atoms with Crippen LogP contribution in [0.5, 0.6) is 0 Å². The molecule has 0 spiro atoms. The van der Waals surface area contributed by atoms with E-state index in [1.807, 2.05) is 0 Å². The first-order valence-corrected chi connectivity index (χ1v) is 7.63. The minimum absolute atomic E-state index is 0.480. The molecule has 102 valence electrons. The van der Waals surface area contributed by atoms with Crippen LogP contribution in [0.3, 0.4) is 0 Å². The zero-order chi connectivity index (χ0) is 13.1. The molecule has 0 aromatic rings. The zero-order valence-electron chi connectivity index (χ0n) is 12.4. The smallest absolute Gasteiger partial charge is 0.133 e. The molecular weight excluding hydrogens is 208 g/mol. The standard InChI is InChI=1S/C16H32O/c1-5-7-8-9-10-11-12-16(17)13-15(4)14(3)6-2/h14-15H,5-13H2,1-4H3. The van der Waals surface area contributed by atoms with Crippen molar-refractivity contribution in [1.82, 2.24) is 0 Å². The van der Waals surface area contributed by atoms with Crippen LogP contribution in [0.4, 0.5) is 0 Å². The molecule has 0 aromatic carbocycles. The summed E-state index contributed by atoms with van der Waals surface area (Å²) < 4.78 is 0. The SMILES string of the molecule is CCCCCCCCC(=O)CC(C)C(C)CC. The van der Waals surface area contributed by atoms with E-state index in [2.05, 4.69) is 27.7 Å². The summed E-state index contributed by atoms with van der Waals surface area (Å²) in [6.45, 7) is 8.91. The number of carbonyl (C=O) groups is 1. The Balaban J connectivity index is 3.46. The maximum atomic E-state index is 11.8. The topological polar surface area (TPSA) is 17.1 Å². The van der Waals surface area contributed by atoms with Crippen LogP contribution in [0.2, 0.25) is 0 Å². The van der Waals surface area contributed by atoms with E-state index in [9.17, 15) is 4.79 Å². The number of carbonyl (C=O) groups excluding carboxylic acids is 1. The largest absolute Gasteiger partial charge is 0.300 e. The van der Waals surface area contributed by atoms with Gasteiger partial charge in [-0.15, -0.1) is 0 Å². The van der Waals surface area contributed by atoms with Crippen molar-refractivity contribution in [2.24, 2.45) is 11.8 Å². The molecule has 0 saturated carbocycles. The summed E-state index contributed by atoms with van der Waals surface area (Å²) in [6, 6.07) is 0.